The van der Waals surface area contributed by atoms with E-state index in [4.69, 9.17) is 9.97 Å². The number of anilines is 3. The molecule has 0 radical (unpaired) electrons. The second-order valence-corrected chi connectivity index (χ2v) is 15.4. The van der Waals surface area contributed by atoms with Crippen molar-refractivity contribution in [2.24, 2.45) is 0 Å². The van der Waals surface area contributed by atoms with E-state index in [1.54, 1.807) is 18.5 Å². The van der Waals surface area contributed by atoms with Gasteiger partial charge in [0, 0.05) is 74.7 Å². The first-order chi connectivity index (χ1) is 23.2. The fourth-order valence-corrected chi connectivity index (χ4v) is 7.72. The molecule has 4 N–H and O–H groups in total. The van der Waals surface area contributed by atoms with Gasteiger partial charge in [-0.1, -0.05) is 6.07 Å². The van der Waals surface area contributed by atoms with Gasteiger partial charge in [0.15, 0.2) is 5.82 Å². The Bertz CT molecular complexity index is 1830. The van der Waals surface area contributed by atoms with Crippen molar-refractivity contribution < 1.29 is 18.6 Å². The summed E-state index contributed by atoms with van der Waals surface area (Å²) in [6.07, 6.45) is 12.0. The molecule has 0 bridgehead atoms. The highest BCUT2D eigenvalue weighted by atomic mass is 32.2. The molecular weight excluding hydrogens is 632 g/mol. The number of aliphatic hydroxyl groups excluding tert-OH is 1. The second kappa shape index (κ2) is 13.5. The van der Waals surface area contributed by atoms with Crippen molar-refractivity contribution in [3.05, 3.63) is 60.8 Å². The zero-order chi connectivity index (χ0) is 33.3. The van der Waals surface area contributed by atoms with Gasteiger partial charge in [0.05, 0.1) is 41.1 Å². The molecule has 4 aromatic rings. The molecule has 0 atom stereocenters. The molecule has 1 aliphatic heterocycles. The molecule has 5 heterocycles. The van der Waals surface area contributed by atoms with Crippen molar-refractivity contribution in [2.75, 3.05) is 50.5 Å². The second-order valence-electron chi connectivity index (χ2n) is 13.3. The van der Waals surface area contributed by atoms with Crippen molar-refractivity contribution in [2.45, 2.75) is 62.0 Å². The molecule has 1 saturated heterocycles. The number of pyridine rings is 2. The molecule has 3 aliphatic rings. The van der Waals surface area contributed by atoms with E-state index >= 15 is 0 Å². The van der Waals surface area contributed by atoms with Crippen LogP contribution in [0.3, 0.4) is 0 Å². The van der Waals surface area contributed by atoms with E-state index in [2.05, 4.69) is 48.6 Å². The number of hydrogen-bond donors (Lipinski definition) is 4. The average molecular weight is 675 g/mol. The lowest BCUT2D eigenvalue weighted by atomic mass is 9.82. The number of rotatable bonds is 11. The van der Waals surface area contributed by atoms with Gasteiger partial charge < -0.3 is 25.7 Å². The van der Waals surface area contributed by atoms with Crippen LogP contribution in [0.15, 0.2) is 55.2 Å². The van der Waals surface area contributed by atoms with Gasteiger partial charge >= 0.3 is 0 Å². The van der Waals surface area contributed by atoms with E-state index < -0.39 is 15.6 Å². The van der Waals surface area contributed by atoms with Crippen LogP contribution in [0.5, 0.6) is 0 Å². The highest BCUT2D eigenvalue weighted by molar-refractivity contribution is 7.90. The Kier molecular flexibility index (Phi) is 9.13. The van der Waals surface area contributed by atoms with Crippen molar-refractivity contribution >= 4 is 27.3 Å². The fraction of sp³-hybridized carbons (Fsp3) is 0.485. The molecule has 0 unspecified atom stereocenters. The molecule has 2 saturated carbocycles. The summed E-state index contributed by atoms with van der Waals surface area (Å²) in [4.78, 5) is 23.3. The van der Waals surface area contributed by atoms with Crippen LogP contribution >= 0.6 is 0 Å². The van der Waals surface area contributed by atoms with E-state index in [0.29, 0.717) is 61.5 Å². The van der Waals surface area contributed by atoms with Gasteiger partial charge in [-0.3, -0.25) is 9.88 Å². The van der Waals surface area contributed by atoms with E-state index in [-0.39, 0.29) is 17.9 Å². The van der Waals surface area contributed by atoms with Crippen LogP contribution in [0, 0.1) is 0 Å². The van der Waals surface area contributed by atoms with E-state index in [9.17, 15) is 18.6 Å². The van der Waals surface area contributed by atoms with Gasteiger partial charge in [0.2, 0.25) is 0 Å². The molecule has 4 aromatic heterocycles. The standard InChI is InChI=1S/C33H42N10O4S/c1-41-12-14-42(15-13-41)20-23-2-5-28(35-17-23)27-19-36-31(16-29(27)38-25-6-9-33(45,22-44)10-7-25)39-30-8-11-34-32(40-30)24-18-37-43(21-24)48(46,47)26-3-4-26/h2,5,8,11,16-19,21,25-26,44-45H,3-4,6-7,9-10,12-15,20,22H2,1H3,(H2,34,36,38,39,40). The van der Waals surface area contributed by atoms with E-state index in [1.165, 1.54) is 12.4 Å². The zero-order valence-corrected chi connectivity index (χ0v) is 27.8. The first-order valence-corrected chi connectivity index (χ1v) is 18.0. The van der Waals surface area contributed by atoms with Crippen LogP contribution in [-0.4, -0.2) is 114 Å². The number of hydrogen-bond acceptors (Lipinski definition) is 13. The fourth-order valence-electron chi connectivity index (χ4n) is 6.24. The molecule has 15 heteroatoms. The SMILES string of the molecule is CN1CCN(Cc2ccc(-c3cnc(Nc4ccnc(-c5cnn(S(=O)(=O)C6CC6)c5)n4)cc3NC3CCC(O)(CO)CC3)nc2)CC1. The largest absolute Gasteiger partial charge is 0.393 e. The summed E-state index contributed by atoms with van der Waals surface area (Å²) in [6, 6.07) is 7.89. The van der Waals surface area contributed by atoms with Crippen LogP contribution in [-0.2, 0) is 16.6 Å². The monoisotopic (exact) mass is 674 g/mol. The van der Waals surface area contributed by atoms with Crippen molar-refractivity contribution in [3.8, 4) is 22.6 Å². The normalized spacial score (nSPS) is 22.4. The van der Waals surface area contributed by atoms with Crippen LogP contribution in [0.2, 0.25) is 0 Å². The Morgan fingerprint density at radius 1 is 0.958 bits per heavy atom. The summed E-state index contributed by atoms with van der Waals surface area (Å²) in [5, 5.41) is 30.8. The Labute approximate surface area is 280 Å². The molecule has 0 spiro atoms. The first kappa shape index (κ1) is 32.5. The summed E-state index contributed by atoms with van der Waals surface area (Å²) >= 11 is 0. The third-order valence-corrected chi connectivity index (χ3v) is 11.5. The Morgan fingerprint density at radius 3 is 2.46 bits per heavy atom. The Balaban J connectivity index is 1.11. The quantitative estimate of drug-likeness (QED) is 0.183. The summed E-state index contributed by atoms with van der Waals surface area (Å²) in [5.41, 5.74) is 3.11. The molecule has 7 rings (SSSR count). The van der Waals surface area contributed by atoms with Crippen molar-refractivity contribution in [3.63, 3.8) is 0 Å². The average Bonchev–Trinajstić information content (AvgIpc) is 3.84. The topological polar surface area (TPSA) is 175 Å². The third kappa shape index (κ3) is 7.34. The summed E-state index contributed by atoms with van der Waals surface area (Å²) in [7, 11) is -1.34. The predicted octanol–water partition coefficient (Wildman–Crippen LogP) is 2.71. The number of aliphatic hydroxyl groups is 2. The number of likely N-dealkylation sites (N-methyl/N-ethyl adjacent to an activating group) is 1. The number of nitrogens with zero attached hydrogens (tertiary/aromatic N) is 8. The highest BCUT2D eigenvalue weighted by Gasteiger charge is 2.38. The Morgan fingerprint density at radius 2 is 1.75 bits per heavy atom. The van der Waals surface area contributed by atoms with Crippen LogP contribution in [0.4, 0.5) is 17.3 Å². The van der Waals surface area contributed by atoms with Crippen molar-refractivity contribution in [1.29, 1.82) is 0 Å². The van der Waals surface area contributed by atoms with Crippen molar-refractivity contribution in [1.82, 2.24) is 38.9 Å². The lowest BCUT2D eigenvalue weighted by Gasteiger charge is -2.35. The zero-order valence-electron chi connectivity index (χ0n) is 27.0. The third-order valence-electron chi connectivity index (χ3n) is 9.51. The molecule has 0 aromatic carbocycles. The maximum absolute atomic E-state index is 12.6. The minimum atomic E-state index is -3.49. The number of piperazine rings is 1. The van der Waals surface area contributed by atoms with Gasteiger partial charge in [-0.25, -0.2) is 23.4 Å². The molecule has 0 amide bonds. The van der Waals surface area contributed by atoms with Crippen LogP contribution < -0.4 is 10.6 Å². The summed E-state index contributed by atoms with van der Waals surface area (Å²) < 4.78 is 26.2. The van der Waals surface area contributed by atoms with Gasteiger partial charge in [0.25, 0.3) is 10.0 Å². The molecule has 3 fully saturated rings. The molecule has 48 heavy (non-hydrogen) atoms. The van der Waals surface area contributed by atoms with Crippen LogP contribution in [0.25, 0.3) is 22.6 Å². The van der Waals surface area contributed by atoms with Crippen LogP contribution in [0.1, 0.15) is 44.1 Å². The molecule has 14 nitrogen and oxygen atoms in total. The lowest BCUT2D eigenvalue weighted by molar-refractivity contribution is -0.0438. The van der Waals surface area contributed by atoms with Gasteiger partial charge in [-0.2, -0.15) is 9.19 Å². The van der Waals surface area contributed by atoms with Gasteiger partial charge in [-0.05, 0) is 63.3 Å². The highest BCUT2D eigenvalue weighted by Crippen LogP contribution is 2.35. The maximum Gasteiger partial charge on any atom is 0.256 e. The molecular formula is C33H42N10O4S. The van der Waals surface area contributed by atoms with E-state index in [0.717, 1.165) is 59.3 Å². The lowest BCUT2D eigenvalue weighted by Crippen LogP contribution is -2.43. The Hall–Kier alpha value is -4.02. The molecule has 2 aliphatic carbocycles. The summed E-state index contributed by atoms with van der Waals surface area (Å²) in [5.74, 6) is 1.37. The first-order valence-electron chi connectivity index (χ1n) is 16.5. The minimum absolute atomic E-state index is 0.0939. The number of aromatic nitrogens is 6. The van der Waals surface area contributed by atoms with Gasteiger partial charge in [-0.15, -0.1) is 0 Å². The van der Waals surface area contributed by atoms with E-state index in [1.807, 2.05) is 18.3 Å². The summed E-state index contributed by atoms with van der Waals surface area (Å²) in [6.45, 7) is 4.83. The van der Waals surface area contributed by atoms with Gasteiger partial charge in [0.1, 0.15) is 11.6 Å². The maximum atomic E-state index is 12.6. The smallest absolute Gasteiger partial charge is 0.256 e. The number of nitrogens with one attached hydrogen (secondary N) is 2. The predicted molar refractivity (Wildman–Crippen MR) is 182 cm³/mol. The minimum Gasteiger partial charge on any atom is -0.393 e. The molecule has 254 valence electrons.